The SMILES string of the molecule is CCc1ccc(-c2ccc(CC(C)N)cc2)cc1. The standard InChI is InChI=1S/C17H21N/c1-3-14-4-8-16(9-5-14)17-10-6-15(7-11-17)12-13(2)18/h4-11,13H,3,12,18H2,1-2H3. The van der Waals surface area contributed by atoms with Crippen molar-refractivity contribution in [1.82, 2.24) is 0 Å². The van der Waals surface area contributed by atoms with Crippen LogP contribution in [0.4, 0.5) is 0 Å². The molecule has 0 bridgehead atoms. The van der Waals surface area contributed by atoms with Crippen LogP contribution in [0.25, 0.3) is 11.1 Å². The number of hydrogen-bond donors (Lipinski definition) is 1. The van der Waals surface area contributed by atoms with Crippen LogP contribution in [0, 0.1) is 0 Å². The minimum absolute atomic E-state index is 0.222. The first-order chi connectivity index (χ1) is 8.69. The smallest absolute Gasteiger partial charge is 0.00509 e. The Hall–Kier alpha value is -1.60. The fraction of sp³-hybridized carbons (Fsp3) is 0.294. The Balaban J connectivity index is 2.17. The quantitative estimate of drug-likeness (QED) is 0.862. The molecule has 1 nitrogen and oxygen atoms in total. The highest BCUT2D eigenvalue weighted by Gasteiger charge is 2.00. The first kappa shape index (κ1) is 12.8. The number of hydrogen-bond acceptors (Lipinski definition) is 1. The summed E-state index contributed by atoms with van der Waals surface area (Å²) in [6.45, 7) is 4.22. The largest absolute Gasteiger partial charge is 0.328 e. The van der Waals surface area contributed by atoms with Crippen LogP contribution in [-0.4, -0.2) is 6.04 Å². The summed E-state index contributed by atoms with van der Waals surface area (Å²) in [7, 11) is 0. The molecule has 2 aromatic carbocycles. The highest BCUT2D eigenvalue weighted by Crippen LogP contribution is 2.20. The molecule has 0 spiro atoms. The molecule has 0 aliphatic heterocycles. The van der Waals surface area contributed by atoms with Crippen molar-refractivity contribution >= 4 is 0 Å². The lowest BCUT2D eigenvalue weighted by Gasteiger charge is -2.07. The predicted molar refractivity (Wildman–Crippen MR) is 78.6 cm³/mol. The molecule has 0 amide bonds. The Morgan fingerprint density at radius 1 is 0.833 bits per heavy atom. The fourth-order valence-corrected chi connectivity index (χ4v) is 2.14. The second-order valence-electron chi connectivity index (χ2n) is 4.93. The van der Waals surface area contributed by atoms with E-state index in [-0.39, 0.29) is 6.04 Å². The molecule has 0 saturated carbocycles. The molecule has 0 aliphatic carbocycles. The van der Waals surface area contributed by atoms with Crippen molar-refractivity contribution in [2.45, 2.75) is 32.7 Å². The zero-order valence-electron chi connectivity index (χ0n) is 11.2. The summed E-state index contributed by atoms with van der Waals surface area (Å²) in [5.74, 6) is 0. The maximum absolute atomic E-state index is 5.81. The molecular weight excluding hydrogens is 218 g/mol. The second-order valence-corrected chi connectivity index (χ2v) is 4.93. The fourth-order valence-electron chi connectivity index (χ4n) is 2.14. The molecule has 0 fully saturated rings. The molecule has 2 aromatic rings. The Kier molecular flexibility index (Phi) is 4.16. The van der Waals surface area contributed by atoms with Gasteiger partial charge >= 0.3 is 0 Å². The lowest BCUT2D eigenvalue weighted by molar-refractivity contribution is 0.738. The number of nitrogens with two attached hydrogens (primary N) is 1. The topological polar surface area (TPSA) is 26.0 Å². The molecule has 18 heavy (non-hydrogen) atoms. The summed E-state index contributed by atoms with van der Waals surface area (Å²) in [6.07, 6.45) is 2.03. The molecule has 2 rings (SSSR count). The van der Waals surface area contributed by atoms with Gasteiger partial charge in [0.05, 0.1) is 0 Å². The molecular formula is C17H21N. The van der Waals surface area contributed by atoms with Crippen molar-refractivity contribution in [3.8, 4) is 11.1 Å². The van der Waals surface area contributed by atoms with Gasteiger partial charge in [0, 0.05) is 6.04 Å². The van der Waals surface area contributed by atoms with Crippen LogP contribution in [-0.2, 0) is 12.8 Å². The maximum Gasteiger partial charge on any atom is 0.00509 e. The van der Waals surface area contributed by atoms with Crippen molar-refractivity contribution in [2.24, 2.45) is 5.73 Å². The van der Waals surface area contributed by atoms with Gasteiger partial charge in [-0.3, -0.25) is 0 Å². The number of rotatable bonds is 4. The summed E-state index contributed by atoms with van der Waals surface area (Å²) in [5.41, 5.74) is 11.0. The molecule has 0 aliphatic rings. The van der Waals surface area contributed by atoms with Crippen LogP contribution >= 0.6 is 0 Å². The van der Waals surface area contributed by atoms with Crippen molar-refractivity contribution in [3.05, 3.63) is 59.7 Å². The minimum Gasteiger partial charge on any atom is -0.328 e. The van der Waals surface area contributed by atoms with E-state index in [4.69, 9.17) is 5.73 Å². The third-order valence-corrected chi connectivity index (χ3v) is 3.21. The van der Waals surface area contributed by atoms with Crippen LogP contribution in [0.3, 0.4) is 0 Å². The van der Waals surface area contributed by atoms with E-state index in [1.807, 2.05) is 6.92 Å². The zero-order chi connectivity index (χ0) is 13.0. The lowest BCUT2D eigenvalue weighted by atomic mass is 10.00. The van der Waals surface area contributed by atoms with Crippen LogP contribution in [0.15, 0.2) is 48.5 Å². The third kappa shape index (κ3) is 3.21. The van der Waals surface area contributed by atoms with Crippen LogP contribution in [0.1, 0.15) is 25.0 Å². The van der Waals surface area contributed by atoms with Gasteiger partial charge in [-0.1, -0.05) is 55.5 Å². The summed E-state index contributed by atoms with van der Waals surface area (Å²) in [5, 5.41) is 0. The van der Waals surface area contributed by atoms with Gasteiger partial charge in [-0.15, -0.1) is 0 Å². The molecule has 0 heterocycles. The average molecular weight is 239 g/mol. The first-order valence-corrected chi connectivity index (χ1v) is 6.63. The summed E-state index contributed by atoms with van der Waals surface area (Å²) < 4.78 is 0. The van der Waals surface area contributed by atoms with Gasteiger partial charge in [0.15, 0.2) is 0 Å². The average Bonchev–Trinajstić information content (AvgIpc) is 2.39. The van der Waals surface area contributed by atoms with Crippen molar-refractivity contribution < 1.29 is 0 Å². The Morgan fingerprint density at radius 2 is 1.28 bits per heavy atom. The van der Waals surface area contributed by atoms with Crippen molar-refractivity contribution in [1.29, 1.82) is 0 Å². The van der Waals surface area contributed by atoms with E-state index in [1.165, 1.54) is 22.3 Å². The summed E-state index contributed by atoms with van der Waals surface area (Å²) >= 11 is 0. The van der Waals surface area contributed by atoms with Gasteiger partial charge in [0.25, 0.3) is 0 Å². The van der Waals surface area contributed by atoms with Crippen LogP contribution < -0.4 is 5.73 Å². The Labute approximate surface area is 110 Å². The summed E-state index contributed by atoms with van der Waals surface area (Å²) in [6, 6.07) is 17.7. The van der Waals surface area contributed by atoms with Gasteiger partial charge in [0.2, 0.25) is 0 Å². The lowest BCUT2D eigenvalue weighted by Crippen LogP contribution is -2.17. The van der Waals surface area contributed by atoms with E-state index < -0.39 is 0 Å². The normalized spacial score (nSPS) is 12.4. The molecule has 1 atom stereocenters. The molecule has 1 unspecified atom stereocenters. The number of benzene rings is 2. The third-order valence-electron chi connectivity index (χ3n) is 3.21. The number of aryl methyl sites for hydroxylation is 1. The van der Waals surface area contributed by atoms with Gasteiger partial charge in [0.1, 0.15) is 0 Å². The Morgan fingerprint density at radius 3 is 1.67 bits per heavy atom. The monoisotopic (exact) mass is 239 g/mol. The van der Waals surface area contributed by atoms with E-state index in [1.54, 1.807) is 0 Å². The summed E-state index contributed by atoms with van der Waals surface area (Å²) in [4.78, 5) is 0. The Bertz CT molecular complexity index is 480. The van der Waals surface area contributed by atoms with Gasteiger partial charge in [-0.25, -0.2) is 0 Å². The van der Waals surface area contributed by atoms with Crippen molar-refractivity contribution in [2.75, 3.05) is 0 Å². The van der Waals surface area contributed by atoms with E-state index in [9.17, 15) is 0 Å². The van der Waals surface area contributed by atoms with Crippen LogP contribution in [0.5, 0.6) is 0 Å². The molecule has 0 radical (unpaired) electrons. The first-order valence-electron chi connectivity index (χ1n) is 6.63. The second kappa shape index (κ2) is 5.83. The molecule has 2 N–H and O–H groups in total. The minimum atomic E-state index is 0.222. The molecule has 0 saturated heterocycles. The van der Waals surface area contributed by atoms with E-state index >= 15 is 0 Å². The van der Waals surface area contributed by atoms with Gasteiger partial charge in [-0.05, 0) is 42.0 Å². The van der Waals surface area contributed by atoms with E-state index in [2.05, 4.69) is 55.5 Å². The van der Waals surface area contributed by atoms with E-state index in [0.29, 0.717) is 0 Å². The molecule has 0 aromatic heterocycles. The zero-order valence-corrected chi connectivity index (χ0v) is 11.2. The van der Waals surface area contributed by atoms with Gasteiger partial charge in [-0.2, -0.15) is 0 Å². The van der Waals surface area contributed by atoms with Crippen LogP contribution in [0.2, 0.25) is 0 Å². The highest BCUT2D eigenvalue weighted by atomic mass is 14.6. The predicted octanol–water partition coefficient (Wildman–Crippen LogP) is 3.81. The maximum atomic E-state index is 5.81. The van der Waals surface area contributed by atoms with Gasteiger partial charge < -0.3 is 5.73 Å². The molecule has 1 heteroatoms. The van der Waals surface area contributed by atoms with E-state index in [0.717, 1.165) is 12.8 Å². The highest BCUT2D eigenvalue weighted by molar-refractivity contribution is 5.63. The van der Waals surface area contributed by atoms with Crippen molar-refractivity contribution in [3.63, 3.8) is 0 Å². The molecule has 94 valence electrons.